The number of anilines is 1. The first-order valence-electron chi connectivity index (χ1n) is 14.2. The van der Waals surface area contributed by atoms with Crippen LogP contribution >= 0.6 is 22.6 Å². The molecule has 0 aliphatic heterocycles. The SMILES string of the molecule is COc1ccc(C2CCC(CN(C(=O)C3CCC(I)CC3)c3cccc(C#Cc4cn[nH]c4)c3)CC2)cc1C. The molecule has 0 atom stereocenters. The summed E-state index contributed by atoms with van der Waals surface area (Å²) < 4.78 is 6.15. The monoisotopic (exact) mass is 635 g/mol. The summed E-state index contributed by atoms with van der Waals surface area (Å²) in [5.74, 6) is 8.87. The van der Waals surface area contributed by atoms with Crippen molar-refractivity contribution in [2.24, 2.45) is 11.8 Å². The molecule has 6 heteroatoms. The van der Waals surface area contributed by atoms with Crippen LogP contribution in [-0.2, 0) is 4.79 Å². The lowest BCUT2D eigenvalue weighted by atomic mass is 9.78. The number of alkyl halides is 1. The molecule has 2 saturated carbocycles. The van der Waals surface area contributed by atoms with Crippen molar-refractivity contribution in [1.82, 2.24) is 10.2 Å². The summed E-state index contributed by atoms with van der Waals surface area (Å²) in [6, 6.07) is 14.8. The Labute approximate surface area is 246 Å². The molecule has 2 fully saturated rings. The van der Waals surface area contributed by atoms with Crippen LogP contribution in [0.15, 0.2) is 54.9 Å². The molecule has 3 aromatic rings. The third kappa shape index (κ3) is 7.05. The predicted octanol–water partition coefficient (Wildman–Crippen LogP) is 7.43. The summed E-state index contributed by atoms with van der Waals surface area (Å²) in [5.41, 5.74) is 5.36. The quantitative estimate of drug-likeness (QED) is 0.174. The number of hydrogen-bond acceptors (Lipinski definition) is 3. The number of aryl methyl sites for hydroxylation is 1. The van der Waals surface area contributed by atoms with Gasteiger partial charge in [0.2, 0.25) is 5.91 Å². The number of methoxy groups -OCH3 is 1. The van der Waals surface area contributed by atoms with Gasteiger partial charge < -0.3 is 9.64 Å². The summed E-state index contributed by atoms with van der Waals surface area (Å²) >= 11 is 2.54. The van der Waals surface area contributed by atoms with Crippen molar-refractivity contribution in [3.63, 3.8) is 0 Å². The number of carbonyl (C=O) groups is 1. The standard InChI is InChI=1S/C33H38IN3O2/c1-23-18-29(14-17-32(23)39-2)27-10-8-25(9-11-27)22-37(33(38)28-12-15-30(34)16-13-28)31-5-3-4-24(19-31)6-7-26-20-35-36-21-26/h3-5,14,17-21,25,27-28,30H,8-13,15-16,22H2,1-2H3,(H,35,36). The molecule has 2 aliphatic rings. The van der Waals surface area contributed by atoms with E-state index in [1.807, 2.05) is 12.1 Å². The van der Waals surface area contributed by atoms with Crippen LogP contribution in [0.3, 0.4) is 0 Å². The Morgan fingerprint density at radius 2 is 1.79 bits per heavy atom. The fourth-order valence-corrected chi connectivity index (χ4v) is 6.87. The van der Waals surface area contributed by atoms with Crippen molar-refractivity contribution in [3.05, 3.63) is 77.1 Å². The molecule has 0 radical (unpaired) electrons. The number of amides is 1. The van der Waals surface area contributed by atoms with Gasteiger partial charge in [0, 0.05) is 33.8 Å². The van der Waals surface area contributed by atoms with Gasteiger partial charge in [0.1, 0.15) is 5.75 Å². The van der Waals surface area contributed by atoms with Crippen LogP contribution < -0.4 is 9.64 Å². The van der Waals surface area contributed by atoms with E-state index in [1.165, 1.54) is 11.1 Å². The number of aromatic nitrogens is 2. The Balaban J connectivity index is 1.31. The maximum atomic E-state index is 14.0. The third-order valence-electron chi connectivity index (χ3n) is 8.46. The van der Waals surface area contributed by atoms with Gasteiger partial charge in [-0.05, 0) is 106 Å². The number of nitrogens with one attached hydrogen (secondary N) is 1. The molecular formula is C33H38IN3O2. The van der Waals surface area contributed by atoms with Gasteiger partial charge in [-0.25, -0.2) is 0 Å². The largest absolute Gasteiger partial charge is 0.496 e. The molecule has 1 amide bonds. The molecule has 0 unspecified atom stereocenters. The Kier molecular flexibility index (Phi) is 9.28. The Hall–Kier alpha value is -2.79. The minimum absolute atomic E-state index is 0.121. The average Bonchev–Trinajstić information content (AvgIpc) is 3.49. The van der Waals surface area contributed by atoms with Crippen molar-refractivity contribution >= 4 is 34.2 Å². The first kappa shape index (κ1) is 27.8. The molecule has 1 heterocycles. The first-order chi connectivity index (χ1) is 19.0. The Bertz CT molecular complexity index is 1310. The van der Waals surface area contributed by atoms with Gasteiger partial charge in [0.05, 0.1) is 18.9 Å². The highest BCUT2D eigenvalue weighted by Crippen LogP contribution is 2.39. The van der Waals surface area contributed by atoms with Gasteiger partial charge in [-0.1, -0.05) is 52.6 Å². The van der Waals surface area contributed by atoms with E-state index in [-0.39, 0.29) is 5.92 Å². The lowest BCUT2D eigenvalue weighted by molar-refractivity contribution is -0.123. The number of ether oxygens (including phenoxy) is 1. The molecule has 204 valence electrons. The fourth-order valence-electron chi connectivity index (χ4n) is 6.15. The van der Waals surface area contributed by atoms with Crippen LogP contribution in [0.25, 0.3) is 0 Å². The van der Waals surface area contributed by atoms with Crippen molar-refractivity contribution in [3.8, 4) is 17.6 Å². The zero-order valence-electron chi connectivity index (χ0n) is 23.0. The van der Waals surface area contributed by atoms with E-state index in [2.05, 4.69) is 86.8 Å². The maximum absolute atomic E-state index is 14.0. The fraction of sp³-hybridized carbons (Fsp3) is 0.455. The number of carbonyl (C=O) groups excluding carboxylic acids is 1. The van der Waals surface area contributed by atoms with Crippen LogP contribution in [0, 0.1) is 30.6 Å². The minimum atomic E-state index is 0.121. The topological polar surface area (TPSA) is 58.2 Å². The van der Waals surface area contributed by atoms with Crippen LogP contribution in [0.2, 0.25) is 0 Å². The van der Waals surface area contributed by atoms with Crippen LogP contribution in [0.5, 0.6) is 5.75 Å². The summed E-state index contributed by atoms with van der Waals surface area (Å²) in [6.45, 7) is 2.91. The average molecular weight is 636 g/mol. The predicted molar refractivity (Wildman–Crippen MR) is 166 cm³/mol. The third-order valence-corrected chi connectivity index (χ3v) is 9.70. The number of hydrogen-bond donors (Lipinski definition) is 1. The van der Waals surface area contributed by atoms with E-state index in [1.54, 1.807) is 19.5 Å². The first-order valence-corrected chi connectivity index (χ1v) is 15.5. The van der Waals surface area contributed by atoms with E-state index in [9.17, 15) is 4.79 Å². The van der Waals surface area contributed by atoms with E-state index in [0.29, 0.717) is 21.7 Å². The number of aromatic amines is 1. The summed E-state index contributed by atoms with van der Waals surface area (Å²) in [7, 11) is 1.73. The van der Waals surface area contributed by atoms with Crippen LogP contribution in [-0.4, -0.2) is 33.7 Å². The smallest absolute Gasteiger partial charge is 0.230 e. The van der Waals surface area contributed by atoms with E-state index < -0.39 is 0 Å². The van der Waals surface area contributed by atoms with E-state index >= 15 is 0 Å². The second-order valence-corrected chi connectivity index (χ2v) is 12.9. The molecule has 5 rings (SSSR count). The van der Waals surface area contributed by atoms with Gasteiger partial charge in [0.25, 0.3) is 0 Å². The van der Waals surface area contributed by atoms with Crippen LogP contribution in [0.1, 0.15) is 79.5 Å². The van der Waals surface area contributed by atoms with Gasteiger partial charge >= 0.3 is 0 Å². The zero-order chi connectivity index (χ0) is 27.2. The van der Waals surface area contributed by atoms with Crippen molar-refractivity contribution < 1.29 is 9.53 Å². The highest BCUT2D eigenvalue weighted by atomic mass is 127. The molecule has 0 saturated heterocycles. The minimum Gasteiger partial charge on any atom is -0.496 e. The van der Waals surface area contributed by atoms with Gasteiger partial charge in [0.15, 0.2) is 0 Å². The number of halogens is 1. The zero-order valence-corrected chi connectivity index (χ0v) is 25.1. The highest BCUT2D eigenvalue weighted by molar-refractivity contribution is 14.1. The van der Waals surface area contributed by atoms with Gasteiger partial charge in [-0.15, -0.1) is 0 Å². The molecule has 2 aliphatic carbocycles. The molecule has 2 aromatic carbocycles. The molecule has 39 heavy (non-hydrogen) atoms. The summed E-state index contributed by atoms with van der Waals surface area (Å²) in [4.78, 5) is 16.1. The second kappa shape index (κ2) is 13.0. The Morgan fingerprint density at radius 3 is 2.49 bits per heavy atom. The number of benzene rings is 2. The lowest BCUT2D eigenvalue weighted by Gasteiger charge is -2.36. The number of H-pyrrole nitrogens is 1. The van der Waals surface area contributed by atoms with E-state index in [4.69, 9.17) is 4.74 Å². The summed E-state index contributed by atoms with van der Waals surface area (Å²) in [6.07, 6.45) is 12.4. The van der Waals surface area contributed by atoms with Crippen molar-refractivity contribution in [2.75, 3.05) is 18.6 Å². The van der Waals surface area contributed by atoms with E-state index in [0.717, 1.165) is 80.5 Å². The van der Waals surface area contributed by atoms with Crippen molar-refractivity contribution in [1.29, 1.82) is 0 Å². The molecule has 1 N–H and O–H groups in total. The molecule has 0 spiro atoms. The summed E-state index contributed by atoms with van der Waals surface area (Å²) in [5, 5.41) is 6.78. The van der Waals surface area contributed by atoms with Crippen LogP contribution in [0.4, 0.5) is 5.69 Å². The maximum Gasteiger partial charge on any atom is 0.230 e. The molecule has 0 bridgehead atoms. The highest BCUT2D eigenvalue weighted by Gasteiger charge is 2.32. The Morgan fingerprint density at radius 1 is 1.03 bits per heavy atom. The molecule has 1 aromatic heterocycles. The molecular weight excluding hydrogens is 597 g/mol. The molecule has 5 nitrogen and oxygen atoms in total. The van der Waals surface area contributed by atoms with Crippen molar-refractivity contribution in [2.45, 2.75) is 68.1 Å². The van der Waals surface area contributed by atoms with Gasteiger partial charge in [-0.2, -0.15) is 5.10 Å². The normalized spacial score (nSPS) is 22.9. The second-order valence-electron chi connectivity index (χ2n) is 11.1. The lowest BCUT2D eigenvalue weighted by Crippen LogP contribution is -2.41. The number of rotatable bonds is 6. The van der Waals surface area contributed by atoms with Gasteiger partial charge in [-0.3, -0.25) is 9.89 Å². The number of nitrogens with zero attached hydrogens (tertiary/aromatic N) is 2.